The number of halogens is 1. The average molecular weight is 313 g/mol. The van der Waals surface area contributed by atoms with Crippen molar-refractivity contribution in [3.63, 3.8) is 0 Å². The zero-order valence-electron chi connectivity index (χ0n) is 11.4. The van der Waals surface area contributed by atoms with E-state index in [1.165, 1.54) is 11.3 Å². The van der Waals surface area contributed by atoms with Gasteiger partial charge in [0.1, 0.15) is 11.8 Å². The van der Waals surface area contributed by atoms with Crippen molar-refractivity contribution < 1.29 is 9.21 Å². The maximum Gasteiger partial charge on any atom is 0.223 e. The van der Waals surface area contributed by atoms with Gasteiger partial charge in [-0.25, -0.2) is 0 Å². The molecule has 1 atom stereocenters. The molecule has 0 aliphatic carbocycles. The van der Waals surface area contributed by atoms with Crippen LogP contribution in [0.25, 0.3) is 0 Å². The molecule has 0 spiro atoms. The fourth-order valence-corrected chi connectivity index (χ4v) is 2.97. The van der Waals surface area contributed by atoms with E-state index >= 15 is 0 Å². The van der Waals surface area contributed by atoms with Crippen molar-refractivity contribution >= 4 is 28.8 Å². The van der Waals surface area contributed by atoms with E-state index in [2.05, 4.69) is 5.32 Å². The fourth-order valence-electron chi connectivity index (χ4n) is 1.83. The van der Waals surface area contributed by atoms with Gasteiger partial charge >= 0.3 is 0 Å². The number of furan rings is 1. The minimum atomic E-state index is -0.0718. The van der Waals surface area contributed by atoms with Crippen LogP contribution in [0.4, 0.5) is 0 Å². The van der Waals surface area contributed by atoms with Crippen molar-refractivity contribution in [1.82, 2.24) is 10.2 Å². The maximum absolute atomic E-state index is 11.6. The Hall–Kier alpha value is -1.30. The number of thiophene rings is 1. The topological polar surface area (TPSA) is 45.5 Å². The van der Waals surface area contributed by atoms with Crippen molar-refractivity contribution in [3.05, 3.63) is 45.5 Å². The number of nitrogens with one attached hydrogen (secondary N) is 1. The summed E-state index contributed by atoms with van der Waals surface area (Å²) in [7, 11) is 3.51. The lowest BCUT2D eigenvalue weighted by Crippen LogP contribution is -2.29. The summed E-state index contributed by atoms with van der Waals surface area (Å²) in [6, 6.07) is 7.53. The summed E-state index contributed by atoms with van der Waals surface area (Å²) in [5, 5.41) is 3.35. The first-order chi connectivity index (χ1) is 9.58. The second-order valence-electron chi connectivity index (χ2n) is 4.58. The number of carbonyl (C=O) groups is 1. The van der Waals surface area contributed by atoms with Crippen LogP contribution in [0.1, 0.15) is 23.1 Å². The molecular weight excluding hydrogens is 296 g/mol. The third-order valence-corrected chi connectivity index (χ3v) is 4.19. The van der Waals surface area contributed by atoms with E-state index in [0.29, 0.717) is 13.0 Å². The molecule has 0 saturated heterocycles. The number of carbonyl (C=O) groups excluding carboxylic acids is 1. The van der Waals surface area contributed by atoms with Gasteiger partial charge < -0.3 is 14.6 Å². The Balaban J connectivity index is 2.03. The second kappa shape index (κ2) is 6.92. The Labute approximate surface area is 127 Å². The van der Waals surface area contributed by atoms with Crippen LogP contribution in [0.2, 0.25) is 4.34 Å². The maximum atomic E-state index is 11.6. The summed E-state index contributed by atoms with van der Waals surface area (Å²) in [5.74, 6) is 0.917. The van der Waals surface area contributed by atoms with E-state index in [1.807, 2.05) is 24.3 Å². The molecule has 1 amide bonds. The lowest BCUT2D eigenvalue weighted by atomic mass is 10.2. The highest BCUT2D eigenvalue weighted by molar-refractivity contribution is 7.16. The first kappa shape index (κ1) is 15.1. The van der Waals surface area contributed by atoms with Gasteiger partial charge in [-0.2, -0.15) is 0 Å². The first-order valence-electron chi connectivity index (χ1n) is 6.30. The lowest BCUT2D eigenvalue weighted by molar-refractivity contribution is -0.128. The van der Waals surface area contributed by atoms with E-state index in [0.717, 1.165) is 15.0 Å². The van der Waals surface area contributed by atoms with E-state index in [-0.39, 0.29) is 11.9 Å². The van der Waals surface area contributed by atoms with Gasteiger partial charge in [0.15, 0.2) is 0 Å². The Bertz CT molecular complexity index is 551. The molecule has 1 N–H and O–H groups in total. The summed E-state index contributed by atoms with van der Waals surface area (Å²) in [6.07, 6.45) is 2.09. The summed E-state index contributed by atoms with van der Waals surface area (Å²) in [5.41, 5.74) is 0. The van der Waals surface area contributed by atoms with Crippen LogP contribution in [-0.4, -0.2) is 31.4 Å². The molecule has 20 heavy (non-hydrogen) atoms. The van der Waals surface area contributed by atoms with Crippen LogP contribution in [0.3, 0.4) is 0 Å². The molecule has 2 aromatic heterocycles. The molecule has 0 aliphatic heterocycles. The van der Waals surface area contributed by atoms with Crippen molar-refractivity contribution in [2.75, 3.05) is 20.6 Å². The molecule has 0 aromatic carbocycles. The number of hydrogen-bond acceptors (Lipinski definition) is 4. The second-order valence-corrected chi connectivity index (χ2v) is 6.33. The van der Waals surface area contributed by atoms with Crippen LogP contribution in [-0.2, 0) is 4.79 Å². The smallest absolute Gasteiger partial charge is 0.223 e. The van der Waals surface area contributed by atoms with E-state index in [1.54, 1.807) is 25.3 Å². The lowest BCUT2D eigenvalue weighted by Gasteiger charge is -2.16. The van der Waals surface area contributed by atoms with E-state index < -0.39 is 0 Å². The van der Waals surface area contributed by atoms with Gasteiger partial charge in [0.2, 0.25) is 5.91 Å². The van der Waals surface area contributed by atoms with Crippen molar-refractivity contribution in [3.8, 4) is 0 Å². The normalized spacial score (nSPS) is 12.3. The quantitative estimate of drug-likeness (QED) is 0.891. The molecule has 2 aromatic rings. The Kier molecular flexibility index (Phi) is 5.23. The minimum absolute atomic E-state index is 0.0718. The van der Waals surface area contributed by atoms with Gasteiger partial charge in [0.25, 0.3) is 0 Å². The molecular formula is C14H17ClN2O2S. The SMILES string of the molecule is CN(C)C(=O)CCNC(c1ccco1)c1ccc(Cl)s1. The number of rotatable bonds is 6. The van der Waals surface area contributed by atoms with Gasteiger partial charge in [-0.1, -0.05) is 11.6 Å². The van der Waals surface area contributed by atoms with E-state index in [4.69, 9.17) is 16.0 Å². The number of amides is 1. The van der Waals surface area contributed by atoms with Gasteiger partial charge in [-0.15, -0.1) is 11.3 Å². The van der Waals surface area contributed by atoms with Crippen LogP contribution in [0.5, 0.6) is 0 Å². The number of nitrogens with zero attached hydrogens (tertiary/aromatic N) is 1. The largest absolute Gasteiger partial charge is 0.467 e. The van der Waals surface area contributed by atoms with Gasteiger partial charge in [0.05, 0.1) is 10.6 Å². The van der Waals surface area contributed by atoms with E-state index in [9.17, 15) is 4.79 Å². The number of hydrogen-bond donors (Lipinski definition) is 1. The molecule has 6 heteroatoms. The summed E-state index contributed by atoms with van der Waals surface area (Å²) in [6.45, 7) is 0.581. The summed E-state index contributed by atoms with van der Waals surface area (Å²) in [4.78, 5) is 14.3. The molecule has 0 bridgehead atoms. The van der Waals surface area contributed by atoms with Crippen molar-refractivity contribution in [2.24, 2.45) is 0 Å². The molecule has 108 valence electrons. The Morgan fingerprint density at radius 1 is 1.45 bits per heavy atom. The zero-order chi connectivity index (χ0) is 14.5. The molecule has 2 heterocycles. The molecule has 1 unspecified atom stereocenters. The fraction of sp³-hybridized carbons (Fsp3) is 0.357. The van der Waals surface area contributed by atoms with Gasteiger partial charge in [0, 0.05) is 31.9 Å². The summed E-state index contributed by atoms with van der Waals surface area (Å²) >= 11 is 7.50. The molecule has 0 fully saturated rings. The highest BCUT2D eigenvalue weighted by atomic mass is 35.5. The van der Waals surface area contributed by atoms with Crippen LogP contribution >= 0.6 is 22.9 Å². The third kappa shape index (κ3) is 3.85. The summed E-state index contributed by atoms with van der Waals surface area (Å²) < 4.78 is 6.21. The monoisotopic (exact) mass is 312 g/mol. The van der Waals surface area contributed by atoms with Crippen LogP contribution < -0.4 is 5.32 Å². The Morgan fingerprint density at radius 2 is 2.25 bits per heavy atom. The molecule has 2 rings (SSSR count). The van der Waals surface area contributed by atoms with Crippen molar-refractivity contribution in [2.45, 2.75) is 12.5 Å². The minimum Gasteiger partial charge on any atom is -0.467 e. The predicted octanol–water partition coefficient (Wildman–Crippen LogP) is 3.15. The predicted molar refractivity (Wildman–Crippen MR) is 81.2 cm³/mol. The van der Waals surface area contributed by atoms with Crippen LogP contribution in [0, 0.1) is 0 Å². The Morgan fingerprint density at radius 3 is 2.80 bits per heavy atom. The van der Waals surface area contributed by atoms with Crippen molar-refractivity contribution in [1.29, 1.82) is 0 Å². The molecule has 4 nitrogen and oxygen atoms in total. The molecule has 0 radical (unpaired) electrons. The van der Waals surface area contributed by atoms with Gasteiger partial charge in [-0.05, 0) is 24.3 Å². The first-order valence-corrected chi connectivity index (χ1v) is 7.49. The van der Waals surface area contributed by atoms with Gasteiger partial charge in [-0.3, -0.25) is 4.79 Å². The highest BCUT2D eigenvalue weighted by Crippen LogP contribution is 2.31. The molecule has 0 aliphatic rings. The highest BCUT2D eigenvalue weighted by Gasteiger charge is 2.18. The molecule has 0 saturated carbocycles. The standard InChI is InChI=1S/C14H17ClN2O2S/c1-17(2)13(18)7-8-16-14(10-4-3-9-19-10)11-5-6-12(15)20-11/h3-6,9,14,16H,7-8H2,1-2H3. The third-order valence-electron chi connectivity index (χ3n) is 2.89. The zero-order valence-corrected chi connectivity index (χ0v) is 13.0. The average Bonchev–Trinajstić information content (AvgIpc) is 3.05. The van der Waals surface area contributed by atoms with Crippen LogP contribution in [0.15, 0.2) is 34.9 Å².